The second-order valence-corrected chi connectivity index (χ2v) is 10.8. The second kappa shape index (κ2) is 11.5. The monoisotopic (exact) mass is 565 g/mol. The summed E-state index contributed by atoms with van der Waals surface area (Å²) in [6.45, 7) is 10.9. The van der Waals surface area contributed by atoms with E-state index in [2.05, 4.69) is 72.7 Å². The van der Waals surface area contributed by atoms with Crippen LogP contribution in [0.2, 0.25) is 0 Å². The fourth-order valence-electron chi connectivity index (χ4n) is 5.37. The van der Waals surface area contributed by atoms with E-state index in [0.717, 1.165) is 33.6 Å². The lowest BCUT2D eigenvalue weighted by atomic mass is 9.93. The van der Waals surface area contributed by atoms with E-state index in [0.29, 0.717) is 11.1 Å². The van der Waals surface area contributed by atoms with Gasteiger partial charge in [0.1, 0.15) is 13.2 Å². The maximum atomic E-state index is 11.9. The van der Waals surface area contributed by atoms with Gasteiger partial charge < -0.3 is 14.4 Å². The van der Waals surface area contributed by atoms with Gasteiger partial charge in [0.05, 0.1) is 5.69 Å². The highest BCUT2D eigenvalue weighted by molar-refractivity contribution is 6.25. The van der Waals surface area contributed by atoms with Crippen molar-refractivity contribution in [2.75, 3.05) is 4.90 Å². The molecule has 0 N–H and O–H groups in total. The predicted molar refractivity (Wildman–Crippen MR) is 174 cm³/mol. The molecule has 0 atom stereocenters. The summed E-state index contributed by atoms with van der Waals surface area (Å²) in [5, 5.41) is 7.23. The van der Waals surface area contributed by atoms with Crippen molar-refractivity contribution in [1.29, 1.82) is 0 Å². The third kappa shape index (κ3) is 5.45. The highest BCUT2D eigenvalue weighted by Crippen LogP contribution is 2.43. The van der Waals surface area contributed by atoms with Crippen molar-refractivity contribution < 1.29 is 19.1 Å². The minimum absolute atomic E-state index is 0.169. The molecule has 0 saturated heterocycles. The van der Waals surface area contributed by atoms with Crippen LogP contribution >= 0.6 is 0 Å². The van der Waals surface area contributed by atoms with Gasteiger partial charge in [-0.15, -0.1) is 0 Å². The van der Waals surface area contributed by atoms with E-state index >= 15 is 0 Å². The maximum absolute atomic E-state index is 11.9. The van der Waals surface area contributed by atoms with Crippen LogP contribution in [0.3, 0.4) is 0 Å². The van der Waals surface area contributed by atoms with Gasteiger partial charge in [0, 0.05) is 27.9 Å². The van der Waals surface area contributed by atoms with Gasteiger partial charge in [-0.1, -0.05) is 86.0 Å². The highest BCUT2D eigenvalue weighted by atomic mass is 16.5. The summed E-state index contributed by atoms with van der Waals surface area (Å²) in [5.74, 6) is -0.818. The van der Waals surface area contributed by atoms with Crippen LogP contribution in [0.5, 0.6) is 0 Å². The molecule has 43 heavy (non-hydrogen) atoms. The molecule has 0 fully saturated rings. The topological polar surface area (TPSA) is 55.8 Å². The Bertz CT molecular complexity index is 1920. The first-order valence-electron chi connectivity index (χ1n) is 14.1. The van der Waals surface area contributed by atoms with Crippen LogP contribution in [0.1, 0.15) is 25.0 Å². The van der Waals surface area contributed by atoms with Gasteiger partial charge in [-0.05, 0) is 82.2 Å². The summed E-state index contributed by atoms with van der Waals surface area (Å²) in [7, 11) is 0. The molecule has 0 saturated carbocycles. The van der Waals surface area contributed by atoms with Crippen LogP contribution in [0.4, 0.5) is 17.1 Å². The molecule has 5 nitrogen and oxygen atoms in total. The quantitative estimate of drug-likeness (QED) is 0.0993. The van der Waals surface area contributed by atoms with E-state index in [9.17, 15) is 9.59 Å². The Hall–Kier alpha value is -5.42. The molecule has 0 aliphatic heterocycles. The highest BCUT2D eigenvalue weighted by Gasteiger charge is 2.19. The standard InChI is InChI=1S/C38H31NO4/c1-24(2)37(40)42-22-26-8-16-31(17-9-26)39(32-18-10-27(11-19-32)23-43-38(41)25(3)4)34-21-15-30-13-12-28-6-5-7-29-14-20-33(34)36(30)35(28)29/h5-21H,1,3,22-23H2,2,4H3. The SMILES string of the molecule is C=C(C)C(=O)OCc1ccc(N(c2ccc(COC(=O)C(=C)C)cc2)c2ccc3ccc4cccc5ccc2c3c45)cc1. The van der Waals surface area contributed by atoms with Crippen molar-refractivity contribution >= 4 is 61.3 Å². The molecule has 0 spiro atoms. The second-order valence-electron chi connectivity index (χ2n) is 10.8. The molecule has 6 aromatic rings. The predicted octanol–water partition coefficient (Wildman–Crippen LogP) is 9.29. The third-order valence-electron chi connectivity index (χ3n) is 7.57. The molecule has 0 aliphatic rings. The number of hydrogen-bond acceptors (Lipinski definition) is 5. The first-order valence-corrected chi connectivity index (χ1v) is 14.1. The van der Waals surface area contributed by atoms with E-state index in [1.807, 2.05) is 48.5 Å². The smallest absolute Gasteiger partial charge is 0.333 e. The van der Waals surface area contributed by atoms with Crippen molar-refractivity contribution in [3.63, 3.8) is 0 Å². The minimum Gasteiger partial charge on any atom is -0.457 e. The molecular formula is C38H31NO4. The lowest BCUT2D eigenvalue weighted by Gasteiger charge is -2.28. The maximum Gasteiger partial charge on any atom is 0.333 e. The van der Waals surface area contributed by atoms with Gasteiger partial charge >= 0.3 is 11.9 Å². The number of anilines is 3. The normalized spacial score (nSPS) is 11.1. The van der Waals surface area contributed by atoms with Gasteiger partial charge in [0.25, 0.3) is 0 Å². The number of benzene rings is 6. The fourth-order valence-corrected chi connectivity index (χ4v) is 5.37. The Balaban J connectivity index is 1.44. The summed E-state index contributed by atoms with van der Waals surface area (Å²) < 4.78 is 10.7. The number of esters is 2. The number of rotatable bonds is 9. The van der Waals surface area contributed by atoms with Crippen molar-refractivity contribution in [2.24, 2.45) is 0 Å². The molecule has 6 rings (SSSR count). The number of nitrogens with zero attached hydrogens (tertiary/aromatic N) is 1. The molecular weight excluding hydrogens is 534 g/mol. The van der Waals surface area contributed by atoms with E-state index in [1.165, 1.54) is 26.9 Å². The van der Waals surface area contributed by atoms with Crippen LogP contribution in [0, 0.1) is 0 Å². The Labute approximate surface area is 250 Å². The van der Waals surface area contributed by atoms with Crippen LogP contribution < -0.4 is 4.90 Å². The van der Waals surface area contributed by atoms with Crippen molar-refractivity contribution in [3.05, 3.63) is 139 Å². The molecule has 0 bridgehead atoms. The van der Waals surface area contributed by atoms with E-state index in [-0.39, 0.29) is 13.2 Å². The Morgan fingerprint density at radius 2 is 1.02 bits per heavy atom. The lowest BCUT2D eigenvalue weighted by Crippen LogP contribution is -2.11. The zero-order valence-electron chi connectivity index (χ0n) is 24.2. The summed E-state index contributed by atoms with van der Waals surface area (Å²) in [4.78, 5) is 26.0. The molecule has 5 heteroatoms. The van der Waals surface area contributed by atoms with Crippen LogP contribution in [0.15, 0.2) is 127 Å². The Morgan fingerprint density at radius 3 is 1.51 bits per heavy atom. The average molecular weight is 566 g/mol. The van der Waals surface area contributed by atoms with Gasteiger partial charge in [-0.25, -0.2) is 9.59 Å². The first kappa shape index (κ1) is 27.7. The van der Waals surface area contributed by atoms with Crippen LogP contribution in [0.25, 0.3) is 32.3 Å². The van der Waals surface area contributed by atoms with Crippen molar-refractivity contribution in [2.45, 2.75) is 27.1 Å². The minimum atomic E-state index is -0.409. The van der Waals surface area contributed by atoms with E-state index < -0.39 is 11.9 Å². The number of ether oxygens (including phenoxy) is 2. The first-order chi connectivity index (χ1) is 20.8. The summed E-state index contributed by atoms with van der Waals surface area (Å²) in [5.41, 5.74) is 5.43. The van der Waals surface area contributed by atoms with Crippen LogP contribution in [-0.2, 0) is 32.3 Å². The molecule has 0 radical (unpaired) electrons. The summed E-state index contributed by atoms with van der Waals surface area (Å²) in [6.07, 6.45) is 0. The van der Waals surface area contributed by atoms with E-state index in [1.54, 1.807) is 13.8 Å². The Kier molecular flexibility index (Phi) is 7.39. The van der Waals surface area contributed by atoms with Crippen molar-refractivity contribution in [1.82, 2.24) is 0 Å². The van der Waals surface area contributed by atoms with Gasteiger partial charge in [0.15, 0.2) is 0 Å². The van der Waals surface area contributed by atoms with E-state index in [4.69, 9.17) is 9.47 Å². The number of hydrogen-bond donors (Lipinski definition) is 0. The average Bonchev–Trinajstić information content (AvgIpc) is 3.03. The zero-order chi connectivity index (χ0) is 30.1. The lowest BCUT2D eigenvalue weighted by molar-refractivity contribution is -0.141. The van der Waals surface area contributed by atoms with Gasteiger partial charge in [-0.3, -0.25) is 0 Å². The molecule has 0 amide bonds. The fraction of sp³-hybridized carbons (Fsp3) is 0.105. The number of carbonyl (C=O) groups excluding carboxylic acids is 2. The largest absolute Gasteiger partial charge is 0.457 e. The number of carbonyl (C=O) groups is 2. The van der Waals surface area contributed by atoms with Gasteiger partial charge in [-0.2, -0.15) is 0 Å². The molecule has 6 aromatic carbocycles. The molecule has 0 unspecified atom stereocenters. The van der Waals surface area contributed by atoms with Crippen molar-refractivity contribution in [3.8, 4) is 0 Å². The third-order valence-corrected chi connectivity index (χ3v) is 7.57. The molecule has 0 aromatic heterocycles. The molecule has 0 heterocycles. The van der Waals surface area contributed by atoms with Crippen LogP contribution in [-0.4, -0.2) is 11.9 Å². The molecule has 0 aliphatic carbocycles. The van der Waals surface area contributed by atoms with Gasteiger partial charge in [0.2, 0.25) is 0 Å². The Morgan fingerprint density at radius 1 is 0.581 bits per heavy atom. The zero-order valence-corrected chi connectivity index (χ0v) is 24.2. The molecule has 212 valence electrons. The summed E-state index contributed by atoms with van der Waals surface area (Å²) >= 11 is 0. The summed E-state index contributed by atoms with van der Waals surface area (Å²) in [6, 6.07) is 35.5.